The Kier molecular flexibility index (Phi) is 2.37. The van der Waals surface area contributed by atoms with Gasteiger partial charge in [0.15, 0.2) is 5.78 Å². The molecule has 1 atom stereocenters. The van der Waals surface area contributed by atoms with Crippen molar-refractivity contribution in [2.75, 3.05) is 0 Å². The van der Waals surface area contributed by atoms with E-state index in [4.69, 9.17) is 0 Å². The summed E-state index contributed by atoms with van der Waals surface area (Å²) in [6.45, 7) is 1.34. The van der Waals surface area contributed by atoms with Gasteiger partial charge in [-0.3, -0.25) is 4.79 Å². The first kappa shape index (κ1) is 11.0. The molecule has 2 rings (SSSR count). The predicted octanol–water partition coefficient (Wildman–Crippen LogP) is 3.46. The molecule has 0 aromatic heterocycles. The van der Waals surface area contributed by atoms with Crippen LogP contribution < -0.4 is 0 Å². The van der Waals surface area contributed by atoms with Gasteiger partial charge in [0.05, 0.1) is 0 Å². The Morgan fingerprint density at radius 1 is 1.40 bits per heavy atom. The highest BCUT2D eigenvalue weighted by molar-refractivity contribution is 14.1. The van der Waals surface area contributed by atoms with Crippen LogP contribution in [0.5, 0.6) is 0 Å². The van der Waals surface area contributed by atoms with Gasteiger partial charge in [-0.25, -0.2) is 0 Å². The van der Waals surface area contributed by atoms with E-state index < -0.39 is 15.1 Å². The topological polar surface area (TPSA) is 17.1 Å². The quantitative estimate of drug-likeness (QED) is 0.572. The highest BCUT2D eigenvalue weighted by Crippen LogP contribution is 2.50. The molecule has 0 saturated carbocycles. The Labute approximate surface area is 100 Å². The molecule has 0 spiro atoms. The number of Topliss-reactive ketones (excluding diaryl/α,β-unsaturated/α-hetero) is 1. The number of hydrogen-bond acceptors (Lipinski definition) is 1. The Bertz CT molecular complexity index is 425. The number of halogens is 3. The minimum absolute atomic E-state index is 0.123. The molecule has 1 aliphatic carbocycles. The van der Waals surface area contributed by atoms with Gasteiger partial charge in [-0.2, -0.15) is 8.78 Å². The third kappa shape index (κ3) is 1.49. The van der Waals surface area contributed by atoms with Crippen molar-refractivity contribution < 1.29 is 13.6 Å². The summed E-state index contributed by atoms with van der Waals surface area (Å²) in [5.74, 6) is -0.447. The zero-order valence-corrected chi connectivity index (χ0v) is 10.2. The van der Waals surface area contributed by atoms with Crippen LogP contribution in [0.2, 0.25) is 0 Å². The van der Waals surface area contributed by atoms with E-state index in [1.807, 2.05) is 0 Å². The van der Waals surface area contributed by atoms with Gasteiger partial charge < -0.3 is 0 Å². The maximum atomic E-state index is 13.4. The van der Waals surface area contributed by atoms with Crippen molar-refractivity contribution in [1.29, 1.82) is 0 Å². The monoisotopic (exact) mass is 322 g/mol. The Hall–Kier alpha value is -0.520. The van der Waals surface area contributed by atoms with E-state index in [1.54, 1.807) is 24.3 Å². The smallest absolute Gasteiger partial charge is 0.293 e. The van der Waals surface area contributed by atoms with E-state index in [0.717, 1.165) is 28.2 Å². The van der Waals surface area contributed by atoms with Gasteiger partial charge in [-0.1, -0.05) is 24.3 Å². The zero-order chi connectivity index (χ0) is 11.3. The normalized spacial score (nSPS) is 25.5. The number of carbonyl (C=O) groups is 1. The number of alkyl halides is 3. The van der Waals surface area contributed by atoms with Gasteiger partial charge in [0.25, 0.3) is 0 Å². The summed E-state index contributed by atoms with van der Waals surface area (Å²) in [4.78, 5) is 11.9. The van der Waals surface area contributed by atoms with E-state index >= 15 is 0 Å². The maximum Gasteiger partial charge on any atom is 0.309 e. The highest BCUT2D eigenvalue weighted by atomic mass is 127. The van der Waals surface area contributed by atoms with E-state index in [2.05, 4.69) is 0 Å². The molecule has 0 fully saturated rings. The van der Waals surface area contributed by atoms with Crippen molar-refractivity contribution in [2.24, 2.45) is 5.41 Å². The summed E-state index contributed by atoms with van der Waals surface area (Å²) in [7, 11) is 0. The first-order chi connectivity index (χ1) is 6.86. The molecule has 0 saturated heterocycles. The lowest BCUT2D eigenvalue weighted by Gasteiger charge is -2.27. The minimum atomic E-state index is -3.01. The van der Waals surface area contributed by atoms with Gasteiger partial charge >= 0.3 is 3.93 Å². The van der Waals surface area contributed by atoms with Crippen molar-refractivity contribution in [1.82, 2.24) is 0 Å². The largest absolute Gasteiger partial charge is 0.309 e. The van der Waals surface area contributed by atoms with Gasteiger partial charge in [0, 0.05) is 5.56 Å². The van der Waals surface area contributed by atoms with Crippen LogP contribution in [0.4, 0.5) is 8.78 Å². The van der Waals surface area contributed by atoms with Crippen LogP contribution in [0.25, 0.3) is 0 Å². The maximum absolute atomic E-state index is 13.4. The molecule has 0 amide bonds. The van der Waals surface area contributed by atoms with Crippen molar-refractivity contribution in [3.63, 3.8) is 0 Å². The van der Waals surface area contributed by atoms with E-state index in [9.17, 15) is 13.6 Å². The van der Waals surface area contributed by atoms with E-state index in [-0.39, 0.29) is 6.42 Å². The molecular weight excluding hydrogens is 313 g/mol. The summed E-state index contributed by atoms with van der Waals surface area (Å²) < 4.78 is 23.8. The molecule has 15 heavy (non-hydrogen) atoms. The number of ketones is 1. The van der Waals surface area contributed by atoms with Crippen LogP contribution in [0.3, 0.4) is 0 Å². The number of carbonyl (C=O) groups excluding carboxylic acids is 1. The Balaban J connectivity index is 2.52. The second kappa shape index (κ2) is 3.23. The third-order valence-corrected chi connectivity index (χ3v) is 4.12. The average molecular weight is 322 g/mol. The Morgan fingerprint density at radius 2 is 2.00 bits per heavy atom. The SMILES string of the molecule is CC1(C(F)(F)I)Cc2ccccc2C1=O. The summed E-state index contributed by atoms with van der Waals surface area (Å²) >= 11 is 1.05. The van der Waals surface area contributed by atoms with Crippen molar-refractivity contribution in [2.45, 2.75) is 17.3 Å². The lowest BCUT2D eigenvalue weighted by Crippen LogP contribution is -2.39. The molecule has 0 radical (unpaired) electrons. The molecule has 1 unspecified atom stereocenters. The second-order valence-corrected chi connectivity index (χ2v) is 5.35. The van der Waals surface area contributed by atoms with Crippen LogP contribution in [-0.4, -0.2) is 9.71 Å². The minimum Gasteiger partial charge on any atom is -0.293 e. The van der Waals surface area contributed by atoms with E-state index in [1.165, 1.54) is 6.92 Å². The first-order valence-corrected chi connectivity index (χ1v) is 5.63. The molecule has 1 nitrogen and oxygen atoms in total. The highest BCUT2D eigenvalue weighted by Gasteiger charge is 2.57. The van der Waals surface area contributed by atoms with Crippen LogP contribution in [0.15, 0.2) is 24.3 Å². The molecule has 80 valence electrons. The van der Waals surface area contributed by atoms with Crippen molar-refractivity contribution in [3.8, 4) is 0 Å². The van der Waals surface area contributed by atoms with Gasteiger partial charge in [0.2, 0.25) is 0 Å². The van der Waals surface area contributed by atoms with Gasteiger partial charge in [-0.05, 0) is 41.5 Å². The van der Waals surface area contributed by atoms with Crippen molar-refractivity contribution >= 4 is 28.4 Å². The number of fused-ring (bicyclic) bond motifs is 1. The summed E-state index contributed by atoms with van der Waals surface area (Å²) in [6.07, 6.45) is 0.123. The van der Waals surface area contributed by atoms with Crippen LogP contribution in [0, 0.1) is 5.41 Å². The van der Waals surface area contributed by atoms with Crippen LogP contribution in [0.1, 0.15) is 22.8 Å². The number of benzene rings is 1. The predicted molar refractivity (Wildman–Crippen MR) is 61.6 cm³/mol. The molecule has 4 heteroatoms. The molecule has 1 aliphatic rings. The molecule has 1 aromatic rings. The standard InChI is InChI=1S/C11H9F2IO/c1-10(11(12,13)14)6-7-4-2-3-5-8(7)9(10)15/h2-5H,6H2,1H3. The van der Waals surface area contributed by atoms with Gasteiger partial charge in [-0.15, -0.1) is 0 Å². The third-order valence-electron chi connectivity index (χ3n) is 2.93. The molecule has 0 heterocycles. The molecule has 0 bridgehead atoms. The fourth-order valence-electron chi connectivity index (χ4n) is 1.88. The number of rotatable bonds is 1. The molecule has 1 aromatic carbocycles. The summed E-state index contributed by atoms with van der Waals surface area (Å²) in [5, 5.41) is 0. The number of hydrogen-bond donors (Lipinski definition) is 0. The first-order valence-electron chi connectivity index (χ1n) is 4.56. The second-order valence-electron chi connectivity index (χ2n) is 3.99. The molecule has 0 aliphatic heterocycles. The lowest BCUT2D eigenvalue weighted by atomic mass is 9.86. The van der Waals surface area contributed by atoms with Crippen LogP contribution in [-0.2, 0) is 6.42 Å². The zero-order valence-electron chi connectivity index (χ0n) is 8.06. The van der Waals surface area contributed by atoms with Crippen molar-refractivity contribution in [3.05, 3.63) is 35.4 Å². The summed E-state index contributed by atoms with van der Waals surface area (Å²) in [6, 6.07) is 6.82. The fourth-order valence-corrected chi connectivity index (χ4v) is 2.32. The molecule has 0 N–H and O–H groups in total. The van der Waals surface area contributed by atoms with E-state index in [0.29, 0.717) is 5.56 Å². The van der Waals surface area contributed by atoms with Crippen LogP contribution >= 0.6 is 22.6 Å². The van der Waals surface area contributed by atoms with Gasteiger partial charge in [0.1, 0.15) is 5.41 Å². The summed E-state index contributed by atoms with van der Waals surface area (Å²) in [5.41, 5.74) is -0.422. The fraction of sp³-hybridized carbons (Fsp3) is 0.364. The molecular formula is C11H9F2IO. The average Bonchev–Trinajstić information content (AvgIpc) is 2.40. The Morgan fingerprint density at radius 3 is 2.53 bits per heavy atom. The lowest BCUT2D eigenvalue weighted by molar-refractivity contribution is 0.00412.